The largest absolute Gasteiger partial charge is 0.481 e. The Morgan fingerprint density at radius 2 is 1.94 bits per heavy atom. The van der Waals surface area contributed by atoms with Crippen LogP contribution < -0.4 is 0 Å². The summed E-state index contributed by atoms with van der Waals surface area (Å²) < 4.78 is 0. The molecule has 0 spiro atoms. The van der Waals surface area contributed by atoms with E-state index < -0.39 is 11.9 Å². The Morgan fingerprint density at radius 1 is 1.28 bits per heavy atom. The molecule has 0 saturated carbocycles. The van der Waals surface area contributed by atoms with Crippen LogP contribution in [-0.4, -0.2) is 21.8 Å². The third-order valence-corrected chi connectivity index (χ3v) is 3.29. The maximum Gasteiger partial charge on any atom is 0.310 e. The van der Waals surface area contributed by atoms with Crippen LogP contribution in [0.25, 0.3) is 0 Å². The fraction of sp³-hybridized carbons (Fsp3) is 0.154. The first-order valence-corrected chi connectivity index (χ1v) is 6.29. The molecule has 1 N–H and O–H groups in total. The van der Waals surface area contributed by atoms with E-state index in [4.69, 9.17) is 5.11 Å². The van der Waals surface area contributed by atoms with Crippen LogP contribution in [0.2, 0.25) is 0 Å². The van der Waals surface area contributed by atoms with Crippen molar-refractivity contribution in [3.05, 3.63) is 52.0 Å². The number of aliphatic carboxylic acids is 1. The average Bonchev–Trinajstić information content (AvgIpc) is 2.91. The van der Waals surface area contributed by atoms with Crippen molar-refractivity contribution in [3.63, 3.8) is 0 Å². The molecule has 18 heavy (non-hydrogen) atoms. The molecular weight excluding hydrogens is 250 g/mol. The van der Waals surface area contributed by atoms with Crippen molar-refractivity contribution >= 4 is 23.1 Å². The fourth-order valence-electron chi connectivity index (χ4n) is 1.54. The maximum absolute atomic E-state index is 12.0. The van der Waals surface area contributed by atoms with Crippen molar-refractivity contribution in [3.8, 4) is 0 Å². The number of carboxylic acid groups (broad SMARTS) is 1. The van der Waals surface area contributed by atoms with Crippen molar-refractivity contribution in [1.82, 2.24) is 4.98 Å². The molecule has 92 valence electrons. The first-order chi connectivity index (χ1) is 8.59. The lowest BCUT2D eigenvalue weighted by atomic mass is 9.98. The Kier molecular flexibility index (Phi) is 3.53. The second-order valence-corrected chi connectivity index (χ2v) is 4.60. The van der Waals surface area contributed by atoms with E-state index in [9.17, 15) is 9.59 Å². The van der Waals surface area contributed by atoms with Crippen LogP contribution in [-0.2, 0) is 4.79 Å². The highest BCUT2D eigenvalue weighted by Crippen LogP contribution is 2.17. The number of benzene rings is 1. The number of carbonyl (C=O) groups excluding carboxylic acids is 1. The van der Waals surface area contributed by atoms with E-state index in [0.29, 0.717) is 16.8 Å². The molecule has 5 heteroatoms. The molecule has 0 radical (unpaired) electrons. The molecule has 0 aliphatic rings. The van der Waals surface area contributed by atoms with Crippen LogP contribution in [0.15, 0.2) is 35.2 Å². The summed E-state index contributed by atoms with van der Waals surface area (Å²) in [5.41, 5.74) is 3.22. The van der Waals surface area contributed by atoms with Gasteiger partial charge in [0.05, 0.1) is 11.4 Å². The highest BCUT2D eigenvalue weighted by molar-refractivity contribution is 7.07. The van der Waals surface area contributed by atoms with Gasteiger partial charge in [-0.1, -0.05) is 24.3 Å². The van der Waals surface area contributed by atoms with Crippen molar-refractivity contribution in [2.75, 3.05) is 0 Å². The van der Waals surface area contributed by atoms with Crippen LogP contribution in [0.1, 0.15) is 34.5 Å². The number of hydrogen-bond acceptors (Lipinski definition) is 4. The molecule has 0 amide bonds. The minimum absolute atomic E-state index is 0.147. The minimum atomic E-state index is -0.881. The summed E-state index contributed by atoms with van der Waals surface area (Å²) >= 11 is 1.36. The highest BCUT2D eigenvalue weighted by Gasteiger charge is 2.15. The molecule has 1 atom stereocenters. The zero-order chi connectivity index (χ0) is 13.1. The molecule has 0 fully saturated rings. The summed E-state index contributed by atoms with van der Waals surface area (Å²) in [5.74, 6) is -1.60. The molecule has 1 heterocycles. The quantitative estimate of drug-likeness (QED) is 0.859. The topological polar surface area (TPSA) is 67.3 Å². The van der Waals surface area contributed by atoms with Crippen LogP contribution in [0, 0.1) is 0 Å². The van der Waals surface area contributed by atoms with E-state index in [1.807, 2.05) is 0 Å². The lowest BCUT2D eigenvalue weighted by Crippen LogP contribution is -2.08. The standard InChI is InChI=1S/C13H11NO3S/c1-8(13(16)17)9-2-4-10(5-3-9)12(15)11-6-18-7-14-11/h2-8H,1H3,(H,16,17). The third kappa shape index (κ3) is 2.46. The van der Waals surface area contributed by atoms with Gasteiger partial charge in [-0.2, -0.15) is 0 Å². The summed E-state index contributed by atoms with van der Waals surface area (Å²) in [5, 5.41) is 10.6. The molecule has 1 aromatic carbocycles. The Labute approximate surface area is 108 Å². The summed E-state index contributed by atoms with van der Waals surface area (Å²) in [6.07, 6.45) is 0. The van der Waals surface area contributed by atoms with Gasteiger partial charge in [0.25, 0.3) is 0 Å². The number of hydrogen-bond donors (Lipinski definition) is 1. The van der Waals surface area contributed by atoms with Gasteiger partial charge in [-0.25, -0.2) is 4.98 Å². The summed E-state index contributed by atoms with van der Waals surface area (Å²) in [7, 11) is 0. The van der Waals surface area contributed by atoms with E-state index >= 15 is 0 Å². The zero-order valence-electron chi connectivity index (χ0n) is 9.66. The van der Waals surface area contributed by atoms with Gasteiger partial charge in [0.1, 0.15) is 5.69 Å². The number of carboxylic acids is 1. The number of nitrogens with zero attached hydrogens (tertiary/aromatic N) is 1. The SMILES string of the molecule is CC(C(=O)O)c1ccc(C(=O)c2cscn2)cc1. The number of carbonyl (C=O) groups is 2. The molecule has 0 bridgehead atoms. The first kappa shape index (κ1) is 12.4. The van der Waals surface area contributed by atoms with Gasteiger partial charge in [0.15, 0.2) is 0 Å². The Bertz CT molecular complexity index is 560. The summed E-state index contributed by atoms with van der Waals surface area (Å²) in [6, 6.07) is 6.60. The van der Waals surface area contributed by atoms with Crippen molar-refractivity contribution in [2.24, 2.45) is 0 Å². The summed E-state index contributed by atoms with van der Waals surface area (Å²) in [6.45, 7) is 1.61. The van der Waals surface area contributed by atoms with Crippen LogP contribution in [0.5, 0.6) is 0 Å². The van der Waals surface area contributed by atoms with Crippen LogP contribution in [0.4, 0.5) is 0 Å². The molecule has 0 aliphatic carbocycles. The maximum atomic E-state index is 12.0. The van der Waals surface area contributed by atoms with E-state index in [2.05, 4.69) is 4.98 Å². The molecule has 2 aromatic rings. The van der Waals surface area contributed by atoms with Gasteiger partial charge in [-0.05, 0) is 12.5 Å². The van der Waals surface area contributed by atoms with Crippen molar-refractivity contribution in [2.45, 2.75) is 12.8 Å². The third-order valence-electron chi connectivity index (χ3n) is 2.71. The van der Waals surface area contributed by atoms with E-state index in [0.717, 1.165) is 0 Å². The summed E-state index contributed by atoms with van der Waals surface area (Å²) in [4.78, 5) is 26.7. The number of ketones is 1. The van der Waals surface area contributed by atoms with Gasteiger partial charge in [-0.3, -0.25) is 9.59 Å². The lowest BCUT2D eigenvalue weighted by Gasteiger charge is -2.06. The first-order valence-electron chi connectivity index (χ1n) is 5.35. The van der Waals surface area contributed by atoms with Gasteiger partial charge in [0, 0.05) is 10.9 Å². The molecule has 1 aromatic heterocycles. The molecule has 2 rings (SSSR count). The number of rotatable bonds is 4. The molecular formula is C13H11NO3S. The molecule has 1 unspecified atom stereocenters. The fourth-order valence-corrected chi connectivity index (χ4v) is 2.07. The van der Waals surface area contributed by atoms with Gasteiger partial charge in [0.2, 0.25) is 5.78 Å². The zero-order valence-corrected chi connectivity index (χ0v) is 10.5. The van der Waals surface area contributed by atoms with Crippen molar-refractivity contribution in [1.29, 1.82) is 0 Å². The van der Waals surface area contributed by atoms with Crippen LogP contribution in [0.3, 0.4) is 0 Å². The molecule has 0 aliphatic heterocycles. The normalized spacial score (nSPS) is 12.1. The van der Waals surface area contributed by atoms with Gasteiger partial charge in [-0.15, -0.1) is 11.3 Å². The second kappa shape index (κ2) is 5.10. The number of aromatic nitrogens is 1. The average molecular weight is 261 g/mol. The van der Waals surface area contributed by atoms with Gasteiger partial charge < -0.3 is 5.11 Å². The smallest absolute Gasteiger partial charge is 0.310 e. The monoisotopic (exact) mass is 261 g/mol. The van der Waals surface area contributed by atoms with E-state index in [-0.39, 0.29) is 5.78 Å². The van der Waals surface area contributed by atoms with E-state index in [1.165, 1.54) is 11.3 Å². The van der Waals surface area contributed by atoms with Gasteiger partial charge >= 0.3 is 5.97 Å². The van der Waals surface area contributed by atoms with E-state index in [1.54, 1.807) is 42.1 Å². The van der Waals surface area contributed by atoms with Crippen molar-refractivity contribution < 1.29 is 14.7 Å². The lowest BCUT2D eigenvalue weighted by molar-refractivity contribution is -0.138. The molecule has 4 nitrogen and oxygen atoms in total. The molecule has 0 saturated heterocycles. The Morgan fingerprint density at radius 3 is 2.44 bits per heavy atom. The Balaban J connectivity index is 2.23. The highest BCUT2D eigenvalue weighted by atomic mass is 32.1. The van der Waals surface area contributed by atoms with Crippen LogP contribution >= 0.6 is 11.3 Å². The Hall–Kier alpha value is -2.01. The minimum Gasteiger partial charge on any atom is -0.481 e. The predicted molar refractivity (Wildman–Crippen MR) is 68.0 cm³/mol. The predicted octanol–water partition coefficient (Wildman–Crippen LogP) is 2.56. The second-order valence-electron chi connectivity index (χ2n) is 3.88. The number of thiazole rings is 1.